The van der Waals surface area contributed by atoms with Crippen LogP contribution in [0.25, 0.3) is 5.69 Å². The van der Waals surface area contributed by atoms with Crippen molar-refractivity contribution in [2.45, 2.75) is 6.92 Å². The van der Waals surface area contributed by atoms with Crippen LogP contribution in [0.1, 0.15) is 16.1 Å². The Morgan fingerprint density at radius 1 is 1.00 bits per heavy atom. The average Bonchev–Trinajstić information content (AvgIpc) is 3.08. The number of amides is 3. The summed E-state index contributed by atoms with van der Waals surface area (Å²) < 4.78 is 8.70. The first-order valence-corrected chi connectivity index (χ1v) is 10.5. The molecular weight excluding hydrogens is 452 g/mol. The zero-order valence-electron chi connectivity index (χ0n) is 19.1. The van der Waals surface area contributed by atoms with E-state index in [0.29, 0.717) is 17.1 Å². The van der Waals surface area contributed by atoms with Crippen molar-refractivity contribution in [2.24, 2.45) is 7.05 Å². The molecule has 0 unspecified atom stereocenters. The number of anilines is 2. The second-order valence-corrected chi connectivity index (χ2v) is 7.29. The average molecular weight is 474 g/mol. The van der Waals surface area contributed by atoms with Gasteiger partial charge in [0.05, 0.1) is 17.6 Å². The number of nitrogens with zero attached hydrogens (tertiary/aromatic N) is 5. The quantitative estimate of drug-likeness (QED) is 0.389. The largest absolute Gasteiger partial charge is 0.437 e. The number of hydrogen-bond donors (Lipinski definition) is 3. The first kappa shape index (κ1) is 23.2. The highest BCUT2D eigenvalue weighted by molar-refractivity contribution is 6.04. The van der Waals surface area contributed by atoms with E-state index in [1.165, 1.54) is 36.3 Å². The summed E-state index contributed by atoms with van der Waals surface area (Å²) in [6.45, 7) is 1.70. The molecule has 3 N–H and O–H groups in total. The number of urea groups is 1. The number of aromatic nitrogens is 5. The zero-order valence-corrected chi connectivity index (χ0v) is 19.1. The predicted octanol–water partition coefficient (Wildman–Crippen LogP) is 2.47. The maximum absolute atomic E-state index is 13.0. The van der Waals surface area contributed by atoms with E-state index in [-0.39, 0.29) is 23.2 Å². The lowest BCUT2D eigenvalue weighted by Gasteiger charge is -2.08. The van der Waals surface area contributed by atoms with E-state index in [1.807, 2.05) is 18.2 Å². The van der Waals surface area contributed by atoms with Gasteiger partial charge in [0.25, 0.3) is 11.5 Å². The summed E-state index contributed by atoms with van der Waals surface area (Å²) >= 11 is 0. The van der Waals surface area contributed by atoms with Gasteiger partial charge in [-0.1, -0.05) is 18.2 Å². The molecule has 0 atom stereocenters. The molecule has 0 aliphatic rings. The number of pyridine rings is 1. The van der Waals surface area contributed by atoms with E-state index >= 15 is 0 Å². The molecule has 3 aromatic heterocycles. The monoisotopic (exact) mass is 474 g/mol. The van der Waals surface area contributed by atoms with Crippen molar-refractivity contribution in [1.82, 2.24) is 29.6 Å². The van der Waals surface area contributed by atoms with Crippen LogP contribution in [0.3, 0.4) is 0 Å². The summed E-state index contributed by atoms with van der Waals surface area (Å²) in [7, 11) is 3.19. The summed E-state index contributed by atoms with van der Waals surface area (Å²) in [6.07, 6.45) is 2.82. The lowest BCUT2D eigenvalue weighted by Crippen LogP contribution is -2.25. The zero-order chi connectivity index (χ0) is 24.9. The number of ether oxygens (including phenoxy) is 1. The molecular formula is C23H22N8O4. The Morgan fingerprint density at radius 3 is 2.46 bits per heavy atom. The molecule has 35 heavy (non-hydrogen) atoms. The van der Waals surface area contributed by atoms with Crippen LogP contribution < -0.4 is 26.2 Å². The molecule has 3 heterocycles. The number of carbonyl (C=O) groups excluding carboxylic acids is 2. The molecule has 3 amide bonds. The maximum atomic E-state index is 13.0. The topological polar surface area (TPSA) is 145 Å². The van der Waals surface area contributed by atoms with E-state index in [1.54, 1.807) is 36.9 Å². The molecule has 0 bridgehead atoms. The van der Waals surface area contributed by atoms with E-state index in [2.05, 4.69) is 30.9 Å². The molecule has 0 fully saturated rings. The molecule has 12 heteroatoms. The summed E-state index contributed by atoms with van der Waals surface area (Å²) in [6, 6.07) is 13.2. The third kappa shape index (κ3) is 5.00. The standard InChI is InChI=1S/C23H22N8O4/c1-14-19(21(33)31(30(14)3)15-7-5-4-6-8-15)20(32)27-17-10-9-16(13-26-17)35-18-11-12-25-22(28-18)29-23(34)24-2/h4-13H,1-3H3,(H,26,27,32)(H2,24,25,28,29,34). The van der Waals surface area contributed by atoms with Crippen molar-refractivity contribution in [3.63, 3.8) is 0 Å². The predicted molar refractivity (Wildman–Crippen MR) is 128 cm³/mol. The van der Waals surface area contributed by atoms with Crippen LogP contribution in [0.2, 0.25) is 0 Å². The summed E-state index contributed by atoms with van der Waals surface area (Å²) in [4.78, 5) is 49.5. The van der Waals surface area contributed by atoms with Gasteiger partial charge in [-0.3, -0.25) is 19.6 Å². The van der Waals surface area contributed by atoms with Crippen LogP contribution in [-0.2, 0) is 7.05 Å². The van der Waals surface area contributed by atoms with Gasteiger partial charge in [0.1, 0.15) is 17.1 Å². The van der Waals surface area contributed by atoms with Gasteiger partial charge in [-0.15, -0.1) is 0 Å². The van der Waals surface area contributed by atoms with Gasteiger partial charge in [0.2, 0.25) is 11.8 Å². The van der Waals surface area contributed by atoms with Gasteiger partial charge in [0.15, 0.2) is 0 Å². The van der Waals surface area contributed by atoms with Crippen molar-refractivity contribution in [2.75, 3.05) is 17.7 Å². The van der Waals surface area contributed by atoms with Crippen molar-refractivity contribution >= 4 is 23.7 Å². The van der Waals surface area contributed by atoms with Gasteiger partial charge in [-0.05, 0) is 31.2 Å². The molecule has 0 radical (unpaired) electrons. The molecule has 0 saturated heterocycles. The lowest BCUT2D eigenvalue weighted by molar-refractivity contribution is 0.102. The van der Waals surface area contributed by atoms with Gasteiger partial charge in [-0.25, -0.2) is 19.4 Å². The normalized spacial score (nSPS) is 10.5. The van der Waals surface area contributed by atoms with Crippen LogP contribution in [0.5, 0.6) is 11.6 Å². The first-order valence-electron chi connectivity index (χ1n) is 10.5. The first-order chi connectivity index (χ1) is 16.9. The molecule has 0 aliphatic carbocycles. The second kappa shape index (κ2) is 9.87. The summed E-state index contributed by atoms with van der Waals surface area (Å²) in [5.74, 6) is 0.264. The Morgan fingerprint density at radius 2 is 1.77 bits per heavy atom. The molecule has 178 valence electrons. The minimum Gasteiger partial charge on any atom is -0.437 e. The van der Waals surface area contributed by atoms with Crippen molar-refractivity contribution < 1.29 is 14.3 Å². The Balaban J connectivity index is 1.48. The van der Waals surface area contributed by atoms with Crippen molar-refractivity contribution in [3.8, 4) is 17.3 Å². The van der Waals surface area contributed by atoms with E-state index in [0.717, 1.165) is 0 Å². The minimum absolute atomic E-state index is 0.0237. The number of nitrogens with one attached hydrogen (secondary N) is 3. The van der Waals surface area contributed by atoms with Crippen molar-refractivity contribution in [3.05, 3.63) is 82.5 Å². The molecule has 0 saturated carbocycles. The fourth-order valence-corrected chi connectivity index (χ4v) is 3.27. The van der Waals surface area contributed by atoms with Crippen LogP contribution in [0, 0.1) is 6.92 Å². The summed E-state index contributed by atoms with van der Waals surface area (Å²) in [5, 5.41) is 7.49. The van der Waals surface area contributed by atoms with Gasteiger partial charge in [-0.2, -0.15) is 4.98 Å². The van der Waals surface area contributed by atoms with Crippen LogP contribution in [-0.4, -0.2) is 43.3 Å². The number of carbonyl (C=O) groups is 2. The Bertz CT molecular complexity index is 1430. The van der Waals surface area contributed by atoms with Crippen molar-refractivity contribution in [1.29, 1.82) is 0 Å². The molecule has 12 nitrogen and oxygen atoms in total. The van der Waals surface area contributed by atoms with E-state index in [9.17, 15) is 14.4 Å². The Labute approximate surface area is 199 Å². The fourth-order valence-electron chi connectivity index (χ4n) is 3.27. The molecule has 0 spiro atoms. The van der Waals surface area contributed by atoms with Crippen LogP contribution in [0.15, 0.2) is 65.7 Å². The highest BCUT2D eigenvalue weighted by Crippen LogP contribution is 2.20. The molecule has 1 aromatic carbocycles. The second-order valence-electron chi connectivity index (χ2n) is 7.29. The number of benzene rings is 1. The number of hydrogen-bond acceptors (Lipinski definition) is 7. The smallest absolute Gasteiger partial charge is 0.321 e. The Kier molecular flexibility index (Phi) is 6.53. The molecule has 0 aliphatic heterocycles. The van der Waals surface area contributed by atoms with Crippen LogP contribution in [0.4, 0.5) is 16.6 Å². The van der Waals surface area contributed by atoms with E-state index in [4.69, 9.17) is 4.74 Å². The highest BCUT2D eigenvalue weighted by Gasteiger charge is 2.22. The minimum atomic E-state index is -0.570. The maximum Gasteiger partial charge on any atom is 0.321 e. The molecule has 4 rings (SSSR count). The number of para-hydroxylation sites is 1. The third-order valence-electron chi connectivity index (χ3n) is 5.06. The number of rotatable bonds is 6. The Hall–Kier alpha value is -5.00. The third-order valence-corrected chi connectivity index (χ3v) is 5.06. The fraction of sp³-hybridized carbons (Fsp3) is 0.130. The summed E-state index contributed by atoms with van der Waals surface area (Å²) in [5.41, 5.74) is 0.760. The van der Waals surface area contributed by atoms with Gasteiger partial charge < -0.3 is 15.4 Å². The van der Waals surface area contributed by atoms with Gasteiger partial charge in [0, 0.05) is 26.4 Å². The SMILES string of the molecule is CNC(=O)Nc1nccc(Oc2ccc(NC(=O)c3c(C)n(C)n(-c4ccccc4)c3=O)nc2)n1. The van der Waals surface area contributed by atoms with Gasteiger partial charge >= 0.3 is 6.03 Å². The highest BCUT2D eigenvalue weighted by atomic mass is 16.5. The van der Waals surface area contributed by atoms with Crippen LogP contribution >= 0.6 is 0 Å². The van der Waals surface area contributed by atoms with E-state index < -0.39 is 17.5 Å². The lowest BCUT2D eigenvalue weighted by atomic mass is 10.2. The molecule has 4 aromatic rings.